The van der Waals surface area contributed by atoms with Crippen LogP contribution in [0.2, 0.25) is 0 Å². The van der Waals surface area contributed by atoms with Crippen LogP contribution in [0.5, 0.6) is 0 Å². The zero-order valence-electron chi connectivity index (χ0n) is 9.24. The fraction of sp³-hybridized carbons (Fsp3) is 0.714. The minimum atomic E-state index is -4.28. The van der Waals surface area contributed by atoms with Crippen molar-refractivity contribution >= 4 is 19.4 Å². The van der Waals surface area contributed by atoms with Gasteiger partial charge in [0, 0.05) is 6.42 Å². The third-order valence-corrected chi connectivity index (χ3v) is 2.14. The van der Waals surface area contributed by atoms with Crippen molar-refractivity contribution in [3.63, 3.8) is 0 Å². The second-order valence-electron chi connectivity index (χ2n) is 3.27. The lowest BCUT2D eigenvalue weighted by Gasteiger charge is -2.14. The summed E-state index contributed by atoms with van der Waals surface area (Å²) in [5.74, 6) is -1.03. The molecule has 0 aromatic rings. The van der Waals surface area contributed by atoms with Crippen LogP contribution in [0.15, 0.2) is 5.16 Å². The first-order chi connectivity index (χ1) is 7.72. The summed E-state index contributed by atoms with van der Waals surface area (Å²) < 4.78 is 10.5. The van der Waals surface area contributed by atoms with Crippen molar-refractivity contribution < 1.29 is 29.1 Å². The molecule has 10 heteroatoms. The maximum atomic E-state index is 10.7. The molecule has 0 heterocycles. The normalized spacial score (nSPS) is 14.4. The summed E-state index contributed by atoms with van der Waals surface area (Å²) in [7, 11) is -4.28. The SMILES string of the molecule is CC(N)=NOCC[C@H](NCP(=O)(O)O)C(=O)O. The number of carbonyl (C=O) groups is 1. The van der Waals surface area contributed by atoms with Gasteiger partial charge in [0.05, 0.1) is 6.29 Å². The van der Waals surface area contributed by atoms with Crippen LogP contribution >= 0.6 is 7.60 Å². The number of nitrogens with two attached hydrogens (primary N) is 1. The van der Waals surface area contributed by atoms with E-state index >= 15 is 0 Å². The molecule has 0 aromatic heterocycles. The van der Waals surface area contributed by atoms with Crippen LogP contribution in [0, 0.1) is 0 Å². The second-order valence-corrected chi connectivity index (χ2v) is 4.92. The number of nitrogens with one attached hydrogen (secondary N) is 1. The van der Waals surface area contributed by atoms with Crippen LogP contribution in [0.25, 0.3) is 0 Å². The average molecular weight is 269 g/mol. The van der Waals surface area contributed by atoms with Crippen molar-refractivity contribution in [2.45, 2.75) is 19.4 Å². The van der Waals surface area contributed by atoms with Gasteiger partial charge in [-0.15, -0.1) is 0 Å². The van der Waals surface area contributed by atoms with Gasteiger partial charge in [0.15, 0.2) is 0 Å². The molecule has 0 rings (SSSR count). The van der Waals surface area contributed by atoms with Crippen molar-refractivity contribution in [1.82, 2.24) is 5.32 Å². The third-order valence-electron chi connectivity index (χ3n) is 1.55. The Hall–Kier alpha value is -1.15. The van der Waals surface area contributed by atoms with E-state index in [2.05, 4.69) is 15.3 Å². The number of amidine groups is 1. The van der Waals surface area contributed by atoms with Crippen LogP contribution in [0.3, 0.4) is 0 Å². The second kappa shape index (κ2) is 7.23. The molecule has 0 saturated carbocycles. The predicted octanol–water partition coefficient (Wildman–Crippen LogP) is -1.14. The van der Waals surface area contributed by atoms with Gasteiger partial charge in [-0.05, 0) is 6.92 Å². The molecule has 0 aliphatic rings. The first-order valence-corrected chi connectivity index (χ1v) is 6.45. The Bertz CT molecular complexity index is 324. The highest BCUT2D eigenvalue weighted by Crippen LogP contribution is 2.32. The van der Waals surface area contributed by atoms with Gasteiger partial charge in [-0.2, -0.15) is 0 Å². The maximum absolute atomic E-state index is 10.7. The molecule has 9 nitrogen and oxygen atoms in total. The first kappa shape index (κ1) is 15.9. The summed E-state index contributed by atoms with van der Waals surface area (Å²) in [5.41, 5.74) is 5.17. The Morgan fingerprint density at radius 2 is 2.18 bits per heavy atom. The van der Waals surface area contributed by atoms with Gasteiger partial charge < -0.3 is 25.5 Å². The van der Waals surface area contributed by atoms with Gasteiger partial charge in [-0.1, -0.05) is 5.16 Å². The fourth-order valence-corrected chi connectivity index (χ4v) is 1.32. The molecule has 0 saturated heterocycles. The molecule has 0 unspecified atom stereocenters. The summed E-state index contributed by atoms with van der Waals surface area (Å²) in [6.45, 7) is 1.47. The van der Waals surface area contributed by atoms with E-state index in [4.69, 9.17) is 20.6 Å². The molecule has 0 bridgehead atoms. The van der Waals surface area contributed by atoms with Crippen molar-refractivity contribution in [2.75, 3.05) is 12.9 Å². The molecular weight excluding hydrogens is 253 g/mol. The van der Waals surface area contributed by atoms with Crippen LogP contribution in [-0.2, 0) is 14.2 Å². The van der Waals surface area contributed by atoms with Crippen LogP contribution in [-0.4, -0.2) is 45.6 Å². The van der Waals surface area contributed by atoms with Gasteiger partial charge in [0.2, 0.25) is 0 Å². The largest absolute Gasteiger partial charge is 0.480 e. The van der Waals surface area contributed by atoms with Crippen molar-refractivity contribution in [1.29, 1.82) is 0 Å². The molecule has 1 atom stereocenters. The third kappa shape index (κ3) is 9.76. The minimum absolute atomic E-state index is 0.00606. The van der Waals surface area contributed by atoms with Crippen molar-refractivity contribution in [3.8, 4) is 0 Å². The molecule has 100 valence electrons. The van der Waals surface area contributed by atoms with Gasteiger partial charge in [-0.3, -0.25) is 14.7 Å². The lowest BCUT2D eigenvalue weighted by Crippen LogP contribution is -2.38. The van der Waals surface area contributed by atoms with Crippen LogP contribution in [0.4, 0.5) is 0 Å². The van der Waals surface area contributed by atoms with Gasteiger partial charge in [-0.25, -0.2) is 0 Å². The predicted molar refractivity (Wildman–Crippen MR) is 59.3 cm³/mol. The van der Waals surface area contributed by atoms with Gasteiger partial charge >= 0.3 is 13.6 Å². The molecule has 0 aliphatic carbocycles. The number of oxime groups is 1. The molecule has 0 aliphatic heterocycles. The van der Waals surface area contributed by atoms with Gasteiger partial charge in [0.1, 0.15) is 18.5 Å². The number of rotatable bonds is 8. The molecule has 6 N–H and O–H groups in total. The first-order valence-electron chi connectivity index (χ1n) is 4.65. The Kier molecular flexibility index (Phi) is 6.74. The van der Waals surface area contributed by atoms with E-state index in [1.807, 2.05) is 0 Å². The smallest absolute Gasteiger partial charge is 0.339 e. The number of hydrogen-bond acceptors (Lipinski definition) is 5. The summed E-state index contributed by atoms with van der Waals surface area (Å²) in [4.78, 5) is 32.5. The van der Waals surface area contributed by atoms with E-state index in [0.29, 0.717) is 0 Å². The van der Waals surface area contributed by atoms with E-state index in [1.54, 1.807) is 0 Å². The zero-order valence-corrected chi connectivity index (χ0v) is 10.1. The molecule has 0 spiro atoms. The topological polar surface area (TPSA) is 154 Å². The quantitative estimate of drug-likeness (QED) is 0.122. The Morgan fingerprint density at radius 3 is 2.59 bits per heavy atom. The van der Waals surface area contributed by atoms with Crippen LogP contribution < -0.4 is 11.1 Å². The summed E-state index contributed by atoms with van der Waals surface area (Å²) in [6.07, 6.45) is -0.699. The highest BCUT2D eigenvalue weighted by molar-refractivity contribution is 7.51. The highest BCUT2D eigenvalue weighted by atomic mass is 31.2. The number of hydrogen-bond donors (Lipinski definition) is 5. The van der Waals surface area contributed by atoms with Crippen LogP contribution in [0.1, 0.15) is 13.3 Å². The lowest BCUT2D eigenvalue weighted by atomic mass is 10.2. The molecule has 0 amide bonds. The number of nitrogens with zero attached hydrogens (tertiary/aromatic N) is 1. The van der Waals surface area contributed by atoms with E-state index < -0.39 is 25.9 Å². The number of aliphatic carboxylic acids is 1. The summed E-state index contributed by atoms with van der Waals surface area (Å²) >= 11 is 0. The summed E-state index contributed by atoms with van der Waals surface area (Å²) in [5, 5.41) is 14.4. The minimum Gasteiger partial charge on any atom is -0.480 e. The molecule has 0 aromatic carbocycles. The Labute approximate surface area is 97.8 Å². The Morgan fingerprint density at radius 1 is 1.59 bits per heavy atom. The lowest BCUT2D eigenvalue weighted by molar-refractivity contribution is -0.139. The monoisotopic (exact) mass is 269 g/mol. The Balaban J connectivity index is 4.04. The summed E-state index contributed by atoms with van der Waals surface area (Å²) in [6, 6.07) is -1.11. The average Bonchev–Trinajstić information content (AvgIpc) is 2.13. The van der Waals surface area contributed by atoms with E-state index in [0.717, 1.165) is 0 Å². The van der Waals surface area contributed by atoms with Gasteiger partial charge in [0.25, 0.3) is 0 Å². The zero-order chi connectivity index (χ0) is 13.5. The number of carboxylic acids is 1. The molecule has 17 heavy (non-hydrogen) atoms. The van der Waals surface area contributed by atoms with E-state index in [-0.39, 0.29) is 18.9 Å². The molecule has 0 radical (unpaired) electrons. The van der Waals surface area contributed by atoms with Crippen molar-refractivity contribution in [2.24, 2.45) is 10.9 Å². The standard InChI is InChI=1S/C7H16N3O6P/c1-5(8)10-16-3-2-6(7(11)12)9-4-17(13,14)15/h6,9H,2-4H2,1H3,(H2,8,10)(H,11,12)(H2,13,14,15)/t6-/m0/s1. The van der Waals surface area contributed by atoms with E-state index in [1.165, 1.54) is 6.92 Å². The molecule has 0 fully saturated rings. The molecular formula is C7H16N3O6P. The fourth-order valence-electron chi connectivity index (χ4n) is 0.860. The highest BCUT2D eigenvalue weighted by Gasteiger charge is 2.21. The van der Waals surface area contributed by atoms with Crippen molar-refractivity contribution in [3.05, 3.63) is 0 Å². The number of carboxylic acid groups (broad SMARTS) is 1. The maximum Gasteiger partial charge on any atom is 0.339 e. The van der Waals surface area contributed by atoms with E-state index in [9.17, 15) is 9.36 Å².